The first-order valence-electron chi connectivity index (χ1n) is 14.6. The SMILES string of the molecule is CCOC(=O)C1CC1c1ccc(-c2nc3nc(C(=O)N4CCc5ccccc5[C@H]4C)cc(C4CC4)c3n2C)c(F)c1. The fraction of sp³-hybridized carbons (Fsp3) is 0.394. The number of nitrogens with zero attached hydrogens (tertiary/aromatic N) is 4. The molecule has 1 aliphatic heterocycles. The number of imidazole rings is 1. The van der Waals surface area contributed by atoms with Crippen LogP contribution in [0.5, 0.6) is 0 Å². The maximum absolute atomic E-state index is 15.5. The van der Waals surface area contributed by atoms with Crippen molar-refractivity contribution in [2.45, 2.75) is 57.4 Å². The topological polar surface area (TPSA) is 77.3 Å². The highest BCUT2D eigenvalue weighted by Gasteiger charge is 2.45. The summed E-state index contributed by atoms with van der Waals surface area (Å²) in [7, 11) is 1.88. The lowest BCUT2D eigenvalue weighted by molar-refractivity contribution is -0.144. The molecule has 2 aliphatic carbocycles. The Morgan fingerprint density at radius 1 is 1.07 bits per heavy atom. The lowest BCUT2D eigenvalue weighted by atomic mass is 9.93. The second kappa shape index (κ2) is 9.79. The van der Waals surface area contributed by atoms with E-state index in [9.17, 15) is 9.59 Å². The van der Waals surface area contributed by atoms with Gasteiger partial charge in [-0.05, 0) is 91.8 Å². The third-order valence-corrected chi connectivity index (χ3v) is 9.00. The van der Waals surface area contributed by atoms with E-state index in [1.807, 2.05) is 40.8 Å². The second-order valence-corrected chi connectivity index (χ2v) is 11.6. The first-order chi connectivity index (χ1) is 19.9. The number of halogens is 1. The number of hydrogen-bond acceptors (Lipinski definition) is 5. The number of benzene rings is 2. The second-order valence-electron chi connectivity index (χ2n) is 11.6. The van der Waals surface area contributed by atoms with Gasteiger partial charge in [-0.3, -0.25) is 9.59 Å². The largest absolute Gasteiger partial charge is 0.466 e. The molecule has 1 amide bonds. The molecule has 3 aliphatic rings. The van der Waals surface area contributed by atoms with Gasteiger partial charge in [0.15, 0.2) is 5.65 Å². The number of amides is 1. The summed E-state index contributed by atoms with van der Waals surface area (Å²) in [6.45, 7) is 4.84. The van der Waals surface area contributed by atoms with Gasteiger partial charge in [-0.25, -0.2) is 14.4 Å². The van der Waals surface area contributed by atoms with Gasteiger partial charge in [0, 0.05) is 13.6 Å². The monoisotopic (exact) mass is 552 g/mol. The van der Waals surface area contributed by atoms with Crippen LogP contribution in [-0.2, 0) is 23.0 Å². The molecule has 2 aromatic heterocycles. The summed E-state index contributed by atoms with van der Waals surface area (Å²) < 4.78 is 22.6. The number of aryl methyl sites for hydroxylation is 1. The predicted molar refractivity (Wildman–Crippen MR) is 153 cm³/mol. The van der Waals surface area contributed by atoms with Gasteiger partial charge in [0.2, 0.25) is 0 Å². The predicted octanol–water partition coefficient (Wildman–Crippen LogP) is 6.08. The van der Waals surface area contributed by atoms with E-state index in [1.54, 1.807) is 13.0 Å². The smallest absolute Gasteiger partial charge is 0.309 e. The summed E-state index contributed by atoms with van der Waals surface area (Å²) in [5.74, 6) is -0.103. The fourth-order valence-corrected chi connectivity index (χ4v) is 6.52. The quantitative estimate of drug-likeness (QED) is 0.271. The molecule has 0 spiro atoms. The molecule has 2 fully saturated rings. The summed E-state index contributed by atoms with van der Waals surface area (Å²) in [6, 6.07) is 15.3. The maximum atomic E-state index is 15.5. The molecule has 4 aromatic rings. The highest BCUT2D eigenvalue weighted by molar-refractivity contribution is 5.96. The zero-order chi connectivity index (χ0) is 28.4. The van der Waals surface area contributed by atoms with Crippen molar-refractivity contribution < 1.29 is 18.7 Å². The number of carbonyl (C=O) groups excluding carboxylic acids is 2. The van der Waals surface area contributed by atoms with Crippen molar-refractivity contribution in [1.29, 1.82) is 0 Å². The van der Waals surface area contributed by atoms with E-state index in [4.69, 9.17) is 14.7 Å². The molecule has 210 valence electrons. The third kappa shape index (κ3) is 4.40. The molecule has 8 heteroatoms. The van der Waals surface area contributed by atoms with Crippen LogP contribution in [0.25, 0.3) is 22.6 Å². The standard InChI is InChI=1S/C33H33FN4O3/c1-4-41-33(40)26-16-24(26)21-11-12-23(27(34)15-21)31-36-30-29(37(31)3)25(20-9-10-20)17-28(35-30)32(39)38-14-13-19-7-5-6-8-22(19)18(38)2/h5-8,11-12,15,17-18,20,24,26H,4,9-10,13-14,16H2,1-3H3/t18-,24?,26?/m1/s1. The fourth-order valence-electron chi connectivity index (χ4n) is 6.52. The number of aromatic nitrogens is 3. The Kier molecular flexibility index (Phi) is 6.17. The van der Waals surface area contributed by atoms with Crippen LogP contribution in [0.1, 0.15) is 83.7 Å². The summed E-state index contributed by atoms with van der Waals surface area (Å²) in [5.41, 5.74) is 6.39. The molecule has 2 unspecified atom stereocenters. The molecule has 2 aromatic carbocycles. The van der Waals surface area contributed by atoms with Crippen molar-refractivity contribution in [1.82, 2.24) is 19.4 Å². The van der Waals surface area contributed by atoms with Crippen LogP contribution in [0.2, 0.25) is 0 Å². The zero-order valence-corrected chi connectivity index (χ0v) is 23.6. The Labute approximate surface area is 238 Å². The van der Waals surface area contributed by atoms with Crippen molar-refractivity contribution in [2.24, 2.45) is 13.0 Å². The summed E-state index contributed by atoms with van der Waals surface area (Å²) in [6.07, 6.45) is 3.59. The number of fused-ring (bicyclic) bond motifs is 2. The molecular formula is C33H33FN4O3. The van der Waals surface area contributed by atoms with Crippen LogP contribution < -0.4 is 0 Å². The normalized spacial score (nSPS) is 21.6. The van der Waals surface area contributed by atoms with Crippen LogP contribution >= 0.6 is 0 Å². The molecule has 3 heterocycles. The van der Waals surface area contributed by atoms with Crippen LogP contribution in [0.4, 0.5) is 4.39 Å². The van der Waals surface area contributed by atoms with E-state index >= 15 is 4.39 Å². The molecule has 41 heavy (non-hydrogen) atoms. The van der Waals surface area contributed by atoms with E-state index in [0.717, 1.165) is 35.9 Å². The maximum Gasteiger partial charge on any atom is 0.309 e. The van der Waals surface area contributed by atoms with Crippen molar-refractivity contribution >= 4 is 23.0 Å². The van der Waals surface area contributed by atoms with Gasteiger partial charge in [-0.1, -0.05) is 30.3 Å². The summed E-state index contributed by atoms with van der Waals surface area (Å²) in [4.78, 5) is 37.4. The summed E-state index contributed by atoms with van der Waals surface area (Å²) >= 11 is 0. The van der Waals surface area contributed by atoms with E-state index in [0.29, 0.717) is 48.2 Å². The highest BCUT2D eigenvalue weighted by atomic mass is 19.1. The van der Waals surface area contributed by atoms with E-state index in [1.165, 1.54) is 17.2 Å². The van der Waals surface area contributed by atoms with Gasteiger partial charge in [0.05, 0.1) is 29.6 Å². The molecule has 3 atom stereocenters. The van der Waals surface area contributed by atoms with Gasteiger partial charge in [0.1, 0.15) is 17.3 Å². The van der Waals surface area contributed by atoms with E-state index < -0.39 is 0 Å². The Morgan fingerprint density at radius 3 is 2.63 bits per heavy atom. The highest BCUT2D eigenvalue weighted by Crippen LogP contribution is 2.49. The lowest BCUT2D eigenvalue weighted by Crippen LogP contribution is -2.39. The molecule has 7 nitrogen and oxygen atoms in total. The molecule has 0 radical (unpaired) electrons. The minimum atomic E-state index is -0.388. The van der Waals surface area contributed by atoms with Gasteiger partial charge >= 0.3 is 5.97 Å². The van der Waals surface area contributed by atoms with Gasteiger partial charge in [-0.15, -0.1) is 0 Å². The first kappa shape index (κ1) is 25.9. The minimum Gasteiger partial charge on any atom is -0.466 e. The van der Waals surface area contributed by atoms with Crippen molar-refractivity contribution in [3.05, 3.63) is 82.3 Å². The number of esters is 1. The van der Waals surface area contributed by atoms with Gasteiger partial charge < -0.3 is 14.2 Å². The number of pyridine rings is 1. The Balaban J connectivity index is 1.23. The molecule has 2 saturated carbocycles. The van der Waals surface area contributed by atoms with E-state index in [2.05, 4.69) is 19.1 Å². The number of carbonyl (C=O) groups is 2. The Hall–Kier alpha value is -4.07. The zero-order valence-electron chi connectivity index (χ0n) is 23.6. The first-order valence-corrected chi connectivity index (χ1v) is 14.6. The number of ether oxygens (including phenoxy) is 1. The molecule has 0 bridgehead atoms. The lowest BCUT2D eigenvalue weighted by Gasteiger charge is -2.35. The van der Waals surface area contributed by atoms with Gasteiger partial charge in [-0.2, -0.15) is 0 Å². The molecule has 0 saturated heterocycles. The summed E-state index contributed by atoms with van der Waals surface area (Å²) in [5, 5.41) is 0. The average Bonchev–Trinajstić information content (AvgIpc) is 3.90. The molecule has 7 rings (SSSR count). The van der Waals surface area contributed by atoms with Gasteiger partial charge in [0.25, 0.3) is 5.91 Å². The van der Waals surface area contributed by atoms with Crippen LogP contribution in [0, 0.1) is 11.7 Å². The molecular weight excluding hydrogens is 519 g/mol. The third-order valence-electron chi connectivity index (χ3n) is 9.00. The Bertz CT molecular complexity index is 1710. The number of hydrogen-bond donors (Lipinski definition) is 0. The Morgan fingerprint density at radius 2 is 1.88 bits per heavy atom. The van der Waals surface area contributed by atoms with Crippen LogP contribution in [0.15, 0.2) is 48.5 Å². The average molecular weight is 553 g/mol. The van der Waals surface area contributed by atoms with Crippen molar-refractivity contribution in [3.8, 4) is 11.4 Å². The van der Waals surface area contributed by atoms with Crippen molar-refractivity contribution in [2.75, 3.05) is 13.2 Å². The number of rotatable bonds is 6. The molecule has 0 N–H and O–H groups in total. The van der Waals surface area contributed by atoms with Crippen molar-refractivity contribution in [3.63, 3.8) is 0 Å². The minimum absolute atomic E-state index is 0.0149. The van der Waals surface area contributed by atoms with E-state index in [-0.39, 0.29) is 35.6 Å². The van der Waals surface area contributed by atoms with Crippen LogP contribution in [-0.4, -0.2) is 44.5 Å². The van der Waals surface area contributed by atoms with Crippen LogP contribution in [0.3, 0.4) is 0 Å².